The minimum Gasteiger partial charge on any atom is -0.454 e. The molecule has 2 rings (SSSR count). The lowest BCUT2D eigenvalue weighted by Crippen LogP contribution is -1.86. The van der Waals surface area contributed by atoms with Gasteiger partial charge in [0.05, 0.1) is 12.4 Å². The summed E-state index contributed by atoms with van der Waals surface area (Å²) in [7, 11) is 1.87. The van der Waals surface area contributed by atoms with Gasteiger partial charge in [0.25, 0.3) is 0 Å². The van der Waals surface area contributed by atoms with Gasteiger partial charge in [-0.2, -0.15) is 5.10 Å². The van der Waals surface area contributed by atoms with Gasteiger partial charge in [-0.05, 0) is 37.1 Å². The summed E-state index contributed by atoms with van der Waals surface area (Å²) in [6.45, 7) is 4.16. The van der Waals surface area contributed by atoms with Crippen LogP contribution in [0.4, 0.5) is 0 Å². The highest BCUT2D eigenvalue weighted by molar-refractivity contribution is 5.36. The van der Waals surface area contributed by atoms with Crippen molar-refractivity contribution in [3.05, 3.63) is 41.7 Å². The average Bonchev–Trinajstić information content (AvgIpc) is 2.58. The van der Waals surface area contributed by atoms with Crippen LogP contribution in [-0.2, 0) is 7.05 Å². The molecular weight excluding hydrogens is 188 g/mol. The van der Waals surface area contributed by atoms with Crippen LogP contribution in [0.2, 0.25) is 0 Å². The first-order chi connectivity index (χ1) is 7.15. The lowest BCUT2D eigenvalue weighted by Gasteiger charge is -2.05. The van der Waals surface area contributed by atoms with E-state index in [-0.39, 0.29) is 0 Å². The van der Waals surface area contributed by atoms with Gasteiger partial charge < -0.3 is 4.74 Å². The molecule has 0 aliphatic heterocycles. The summed E-state index contributed by atoms with van der Waals surface area (Å²) >= 11 is 0. The molecule has 1 aromatic heterocycles. The molecule has 0 amide bonds. The number of aromatic nitrogens is 2. The van der Waals surface area contributed by atoms with Crippen molar-refractivity contribution < 1.29 is 4.74 Å². The van der Waals surface area contributed by atoms with Gasteiger partial charge in [-0.3, -0.25) is 4.68 Å². The first kappa shape index (κ1) is 9.77. The highest BCUT2D eigenvalue weighted by Gasteiger charge is 2.00. The Morgan fingerprint density at radius 2 is 1.93 bits per heavy atom. The predicted molar refractivity (Wildman–Crippen MR) is 59.2 cm³/mol. The molecule has 0 N–H and O–H groups in total. The molecule has 0 atom stereocenters. The van der Waals surface area contributed by atoms with E-state index in [0.29, 0.717) is 0 Å². The summed E-state index contributed by atoms with van der Waals surface area (Å²) < 4.78 is 7.37. The van der Waals surface area contributed by atoms with Gasteiger partial charge in [-0.25, -0.2) is 0 Å². The summed E-state index contributed by atoms with van der Waals surface area (Å²) in [6, 6.07) is 6.05. The van der Waals surface area contributed by atoms with Crippen LogP contribution in [0.5, 0.6) is 11.5 Å². The zero-order valence-corrected chi connectivity index (χ0v) is 9.19. The van der Waals surface area contributed by atoms with E-state index in [0.717, 1.165) is 11.5 Å². The second kappa shape index (κ2) is 3.77. The van der Waals surface area contributed by atoms with E-state index < -0.39 is 0 Å². The van der Waals surface area contributed by atoms with Crippen molar-refractivity contribution >= 4 is 0 Å². The SMILES string of the molecule is Cc1ccc(Oc2cnn(C)c2)cc1C. The van der Waals surface area contributed by atoms with E-state index in [9.17, 15) is 0 Å². The van der Waals surface area contributed by atoms with Gasteiger partial charge >= 0.3 is 0 Å². The minimum atomic E-state index is 0.765. The maximum atomic E-state index is 5.65. The fourth-order valence-electron chi connectivity index (χ4n) is 1.36. The molecule has 1 heterocycles. The van der Waals surface area contributed by atoms with Crippen molar-refractivity contribution in [2.24, 2.45) is 7.05 Å². The van der Waals surface area contributed by atoms with Crippen LogP contribution in [0.3, 0.4) is 0 Å². The fraction of sp³-hybridized carbons (Fsp3) is 0.250. The van der Waals surface area contributed by atoms with Crippen LogP contribution in [0, 0.1) is 13.8 Å². The summed E-state index contributed by atoms with van der Waals surface area (Å²) in [6.07, 6.45) is 3.55. The average molecular weight is 202 g/mol. The van der Waals surface area contributed by atoms with Crippen LogP contribution < -0.4 is 4.74 Å². The molecule has 15 heavy (non-hydrogen) atoms. The van der Waals surface area contributed by atoms with E-state index >= 15 is 0 Å². The van der Waals surface area contributed by atoms with E-state index in [2.05, 4.69) is 25.0 Å². The Balaban J connectivity index is 2.21. The summed E-state index contributed by atoms with van der Waals surface area (Å²) in [4.78, 5) is 0. The molecule has 0 fully saturated rings. The van der Waals surface area contributed by atoms with E-state index in [1.807, 2.05) is 25.4 Å². The first-order valence-corrected chi connectivity index (χ1v) is 4.89. The number of nitrogens with zero attached hydrogens (tertiary/aromatic N) is 2. The maximum Gasteiger partial charge on any atom is 0.165 e. The minimum absolute atomic E-state index is 0.765. The molecular formula is C12H14N2O. The van der Waals surface area contributed by atoms with Gasteiger partial charge in [0.2, 0.25) is 0 Å². The standard InChI is InChI=1S/C12H14N2O/c1-9-4-5-11(6-10(9)2)15-12-7-13-14(3)8-12/h4-8H,1-3H3. The van der Waals surface area contributed by atoms with E-state index in [1.165, 1.54) is 11.1 Å². The Morgan fingerprint density at radius 3 is 2.53 bits per heavy atom. The van der Waals surface area contributed by atoms with Crippen molar-refractivity contribution in [3.63, 3.8) is 0 Å². The van der Waals surface area contributed by atoms with E-state index in [4.69, 9.17) is 4.74 Å². The second-order valence-electron chi connectivity index (χ2n) is 3.70. The van der Waals surface area contributed by atoms with Gasteiger partial charge in [0, 0.05) is 7.05 Å². The number of hydrogen-bond acceptors (Lipinski definition) is 2. The largest absolute Gasteiger partial charge is 0.454 e. The molecule has 0 saturated heterocycles. The van der Waals surface area contributed by atoms with Crippen molar-refractivity contribution in [2.45, 2.75) is 13.8 Å². The Kier molecular flexibility index (Phi) is 2.46. The topological polar surface area (TPSA) is 27.1 Å². The lowest BCUT2D eigenvalue weighted by atomic mass is 10.1. The van der Waals surface area contributed by atoms with Crippen LogP contribution in [0.25, 0.3) is 0 Å². The predicted octanol–water partition coefficient (Wildman–Crippen LogP) is 2.83. The molecule has 0 aliphatic carbocycles. The van der Waals surface area contributed by atoms with Gasteiger partial charge in [-0.15, -0.1) is 0 Å². The number of benzene rings is 1. The zero-order chi connectivity index (χ0) is 10.8. The monoisotopic (exact) mass is 202 g/mol. The van der Waals surface area contributed by atoms with Crippen LogP contribution in [0.15, 0.2) is 30.6 Å². The van der Waals surface area contributed by atoms with Gasteiger partial charge in [0.1, 0.15) is 5.75 Å². The molecule has 3 nitrogen and oxygen atoms in total. The highest BCUT2D eigenvalue weighted by atomic mass is 16.5. The Morgan fingerprint density at radius 1 is 1.13 bits per heavy atom. The number of rotatable bonds is 2. The summed E-state index contributed by atoms with van der Waals surface area (Å²) in [5, 5.41) is 4.04. The van der Waals surface area contributed by atoms with Gasteiger partial charge in [-0.1, -0.05) is 6.07 Å². The summed E-state index contributed by atoms with van der Waals surface area (Å²) in [5.74, 6) is 1.62. The third kappa shape index (κ3) is 2.18. The Bertz CT molecular complexity index is 474. The molecule has 0 spiro atoms. The van der Waals surface area contributed by atoms with Crippen molar-refractivity contribution in [1.29, 1.82) is 0 Å². The van der Waals surface area contributed by atoms with Crippen LogP contribution in [-0.4, -0.2) is 9.78 Å². The molecule has 0 aliphatic rings. The quantitative estimate of drug-likeness (QED) is 0.748. The second-order valence-corrected chi connectivity index (χ2v) is 3.70. The zero-order valence-electron chi connectivity index (χ0n) is 9.19. The molecule has 78 valence electrons. The number of aryl methyl sites for hydroxylation is 3. The molecule has 0 bridgehead atoms. The normalized spacial score (nSPS) is 10.3. The molecule has 1 aromatic carbocycles. The Hall–Kier alpha value is -1.77. The maximum absolute atomic E-state index is 5.65. The molecule has 0 radical (unpaired) electrons. The van der Waals surface area contributed by atoms with Gasteiger partial charge in [0.15, 0.2) is 5.75 Å². The van der Waals surface area contributed by atoms with Crippen molar-refractivity contribution in [3.8, 4) is 11.5 Å². The highest BCUT2D eigenvalue weighted by Crippen LogP contribution is 2.22. The Labute approximate surface area is 89.3 Å². The van der Waals surface area contributed by atoms with Crippen LogP contribution in [0.1, 0.15) is 11.1 Å². The first-order valence-electron chi connectivity index (χ1n) is 4.89. The van der Waals surface area contributed by atoms with E-state index in [1.54, 1.807) is 10.9 Å². The van der Waals surface area contributed by atoms with Crippen LogP contribution >= 0.6 is 0 Å². The molecule has 0 saturated carbocycles. The third-order valence-corrected chi connectivity index (χ3v) is 2.40. The molecule has 3 heteroatoms. The number of hydrogen-bond donors (Lipinski definition) is 0. The number of ether oxygens (including phenoxy) is 1. The third-order valence-electron chi connectivity index (χ3n) is 2.40. The molecule has 2 aromatic rings. The smallest absolute Gasteiger partial charge is 0.165 e. The molecule has 0 unspecified atom stereocenters. The summed E-state index contributed by atoms with van der Waals surface area (Å²) in [5.41, 5.74) is 2.50. The fourth-order valence-corrected chi connectivity index (χ4v) is 1.36. The lowest BCUT2D eigenvalue weighted by molar-refractivity contribution is 0.481. The van der Waals surface area contributed by atoms with Crippen molar-refractivity contribution in [2.75, 3.05) is 0 Å². The van der Waals surface area contributed by atoms with Crippen molar-refractivity contribution in [1.82, 2.24) is 9.78 Å².